The second kappa shape index (κ2) is 5.33. The molecule has 0 fully saturated rings. The van der Waals surface area contributed by atoms with Gasteiger partial charge in [-0.15, -0.1) is 11.8 Å². The Morgan fingerprint density at radius 1 is 1.00 bits per heavy atom. The van der Waals surface area contributed by atoms with E-state index in [2.05, 4.69) is 35.3 Å². The molecule has 0 amide bonds. The maximum Gasteiger partial charge on any atom is 0.0742 e. The first-order chi connectivity index (χ1) is 9.33. The molecule has 2 nitrogen and oxygen atoms in total. The quantitative estimate of drug-likeness (QED) is 0.573. The molecule has 0 unspecified atom stereocenters. The minimum absolute atomic E-state index is 0.807. The molecule has 94 valence electrons. The van der Waals surface area contributed by atoms with Gasteiger partial charge in [0.1, 0.15) is 0 Å². The predicted octanol–water partition coefficient (Wildman–Crippen LogP) is 4.11. The number of anilines is 1. The number of pyridine rings is 1. The second-order valence-electron chi connectivity index (χ2n) is 4.35. The highest BCUT2D eigenvalue weighted by molar-refractivity contribution is 7.98. The Balaban J connectivity index is 1.86. The average molecular weight is 266 g/mol. The first-order valence-electron chi connectivity index (χ1n) is 6.14. The number of nitrogen functional groups attached to an aromatic ring is 1. The summed E-state index contributed by atoms with van der Waals surface area (Å²) in [5.41, 5.74) is 8.94. The maximum atomic E-state index is 5.79. The molecule has 19 heavy (non-hydrogen) atoms. The highest BCUT2D eigenvalue weighted by Gasteiger charge is 2.02. The molecule has 0 spiro atoms. The van der Waals surface area contributed by atoms with Gasteiger partial charge in [0.2, 0.25) is 0 Å². The fourth-order valence-corrected chi connectivity index (χ4v) is 3.00. The van der Waals surface area contributed by atoms with Gasteiger partial charge in [-0.2, -0.15) is 0 Å². The Morgan fingerprint density at radius 2 is 1.84 bits per heavy atom. The van der Waals surface area contributed by atoms with Crippen molar-refractivity contribution in [2.24, 2.45) is 0 Å². The molecule has 3 aromatic rings. The van der Waals surface area contributed by atoms with Gasteiger partial charge in [-0.1, -0.05) is 30.3 Å². The van der Waals surface area contributed by atoms with Crippen LogP contribution in [-0.2, 0) is 5.75 Å². The van der Waals surface area contributed by atoms with E-state index in [1.165, 1.54) is 15.8 Å². The van der Waals surface area contributed by atoms with Crippen LogP contribution in [0.2, 0.25) is 0 Å². The molecule has 0 aliphatic heterocycles. The molecule has 0 aliphatic carbocycles. The number of para-hydroxylation sites is 1. The van der Waals surface area contributed by atoms with Crippen molar-refractivity contribution >= 4 is 28.4 Å². The summed E-state index contributed by atoms with van der Waals surface area (Å²) in [4.78, 5) is 5.66. The van der Waals surface area contributed by atoms with Gasteiger partial charge >= 0.3 is 0 Å². The van der Waals surface area contributed by atoms with E-state index in [-0.39, 0.29) is 0 Å². The van der Waals surface area contributed by atoms with Crippen LogP contribution < -0.4 is 5.73 Å². The Labute approximate surface area is 116 Å². The molecule has 2 N–H and O–H groups in total. The molecule has 1 heterocycles. The van der Waals surface area contributed by atoms with Crippen LogP contribution in [0.25, 0.3) is 10.9 Å². The van der Waals surface area contributed by atoms with Crippen LogP contribution in [0, 0.1) is 0 Å². The van der Waals surface area contributed by atoms with Crippen molar-refractivity contribution < 1.29 is 0 Å². The first-order valence-corrected chi connectivity index (χ1v) is 7.12. The zero-order valence-electron chi connectivity index (χ0n) is 10.4. The topological polar surface area (TPSA) is 38.9 Å². The van der Waals surface area contributed by atoms with Crippen LogP contribution >= 0.6 is 11.8 Å². The number of fused-ring (bicyclic) bond motifs is 1. The van der Waals surface area contributed by atoms with Crippen LogP contribution in [0.3, 0.4) is 0 Å². The van der Waals surface area contributed by atoms with Gasteiger partial charge in [-0.25, -0.2) is 0 Å². The van der Waals surface area contributed by atoms with Gasteiger partial charge in [-0.3, -0.25) is 4.98 Å². The normalized spacial score (nSPS) is 10.7. The molecule has 2 aromatic carbocycles. The van der Waals surface area contributed by atoms with Crippen LogP contribution in [0.1, 0.15) is 5.56 Å². The number of hydrogen-bond donors (Lipinski definition) is 1. The number of nitrogens with two attached hydrogens (primary N) is 1. The number of rotatable bonds is 3. The van der Waals surface area contributed by atoms with Crippen LogP contribution in [0.15, 0.2) is 65.7 Å². The number of nitrogens with zero attached hydrogens (tertiary/aromatic N) is 1. The lowest BCUT2D eigenvalue weighted by molar-refractivity contribution is 1.34. The lowest BCUT2D eigenvalue weighted by Crippen LogP contribution is -1.88. The van der Waals surface area contributed by atoms with Crippen LogP contribution in [0.4, 0.5) is 5.69 Å². The molecule has 0 saturated heterocycles. The van der Waals surface area contributed by atoms with E-state index in [0.29, 0.717) is 0 Å². The molecular weight excluding hydrogens is 252 g/mol. The van der Waals surface area contributed by atoms with Crippen molar-refractivity contribution in [1.82, 2.24) is 4.98 Å². The number of hydrogen-bond acceptors (Lipinski definition) is 3. The highest BCUT2D eigenvalue weighted by atomic mass is 32.2. The van der Waals surface area contributed by atoms with Crippen molar-refractivity contribution in [2.45, 2.75) is 10.6 Å². The molecule has 3 heteroatoms. The smallest absolute Gasteiger partial charge is 0.0742 e. The fraction of sp³-hybridized carbons (Fsp3) is 0.0625. The van der Waals surface area contributed by atoms with Gasteiger partial charge in [0.25, 0.3) is 0 Å². The van der Waals surface area contributed by atoms with Gasteiger partial charge in [0.15, 0.2) is 0 Å². The van der Waals surface area contributed by atoms with E-state index in [1.807, 2.05) is 30.5 Å². The van der Waals surface area contributed by atoms with E-state index >= 15 is 0 Å². The zero-order valence-corrected chi connectivity index (χ0v) is 11.2. The summed E-state index contributed by atoms with van der Waals surface area (Å²) < 4.78 is 0. The Kier molecular flexibility index (Phi) is 3.38. The monoisotopic (exact) mass is 266 g/mol. The summed E-state index contributed by atoms with van der Waals surface area (Å²) >= 11 is 1.78. The van der Waals surface area contributed by atoms with Crippen LogP contribution in [-0.4, -0.2) is 4.98 Å². The summed E-state index contributed by atoms with van der Waals surface area (Å²) in [6.45, 7) is 0. The fourth-order valence-electron chi connectivity index (χ4n) is 2.05. The average Bonchev–Trinajstić information content (AvgIpc) is 2.45. The van der Waals surface area contributed by atoms with Gasteiger partial charge in [-0.05, 0) is 29.8 Å². The van der Waals surface area contributed by atoms with Crippen LogP contribution in [0.5, 0.6) is 0 Å². The van der Waals surface area contributed by atoms with E-state index in [0.717, 1.165) is 17.0 Å². The molecule has 0 bridgehead atoms. The summed E-state index contributed by atoms with van der Waals surface area (Å²) in [5, 5.41) is 1.19. The lowest BCUT2D eigenvalue weighted by Gasteiger charge is -2.06. The second-order valence-corrected chi connectivity index (χ2v) is 5.40. The lowest BCUT2D eigenvalue weighted by atomic mass is 10.1. The van der Waals surface area contributed by atoms with E-state index in [9.17, 15) is 0 Å². The maximum absolute atomic E-state index is 5.79. The van der Waals surface area contributed by atoms with Crippen molar-refractivity contribution in [1.29, 1.82) is 0 Å². The molecule has 1 aromatic heterocycles. The van der Waals surface area contributed by atoms with E-state index in [1.54, 1.807) is 11.8 Å². The Bertz CT molecular complexity index is 704. The molecule has 3 rings (SSSR count). The third kappa shape index (κ3) is 2.71. The minimum Gasteiger partial charge on any atom is -0.399 e. The van der Waals surface area contributed by atoms with Crippen molar-refractivity contribution in [2.75, 3.05) is 5.73 Å². The number of thioether (sulfide) groups is 1. The minimum atomic E-state index is 0.807. The van der Waals surface area contributed by atoms with E-state index in [4.69, 9.17) is 5.73 Å². The predicted molar refractivity (Wildman–Crippen MR) is 82.2 cm³/mol. The van der Waals surface area contributed by atoms with E-state index < -0.39 is 0 Å². The molecule has 0 aliphatic rings. The SMILES string of the molecule is Nc1cccc(SCc2cccc3cccnc23)c1. The molecular formula is C16H14N2S. The van der Waals surface area contributed by atoms with Crippen molar-refractivity contribution in [3.63, 3.8) is 0 Å². The van der Waals surface area contributed by atoms with Gasteiger partial charge in [0.05, 0.1) is 5.52 Å². The van der Waals surface area contributed by atoms with Gasteiger partial charge in [0, 0.05) is 27.9 Å². The number of benzene rings is 2. The zero-order chi connectivity index (χ0) is 13.1. The molecule has 0 saturated carbocycles. The standard InChI is InChI=1S/C16H14N2S/c17-14-7-2-8-15(10-14)19-11-13-5-1-4-12-6-3-9-18-16(12)13/h1-10H,11,17H2. The molecule has 0 radical (unpaired) electrons. The Morgan fingerprint density at radius 3 is 2.74 bits per heavy atom. The largest absolute Gasteiger partial charge is 0.399 e. The summed E-state index contributed by atoms with van der Waals surface area (Å²) in [7, 11) is 0. The highest BCUT2D eigenvalue weighted by Crippen LogP contribution is 2.27. The number of aromatic nitrogens is 1. The summed E-state index contributed by atoms with van der Waals surface area (Å²) in [5.74, 6) is 0.901. The first kappa shape index (κ1) is 12.1. The molecule has 0 atom stereocenters. The van der Waals surface area contributed by atoms with Crippen molar-refractivity contribution in [3.05, 3.63) is 66.4 Å². The summed E-state index contributed by atoms with van der Waals surface area (Å²) in [6, 6.07) is 18.4. The third-order valence-corrected chi connectivity index (χ3v) is 4.01. The summed E-state index contributed by atoms with van der Waals surface area (Å²) in [6.07, 6.45) is 1.84. The Hall–Kier alpha value is -2.00. The van der Waals surface area contributed by atoms with Crippen molar-refractivity contribution in [3.8, 4) is 0 Å². The third-order valence-electron chi connectivity index (χ3n) is 2.97. The van der Waals surface area contributed by atoms with Gasteiger partial charge < -0.3 is 5.73 Å².